The maximum atomic E-state index is 10.1. The molecule has 1 saturated heterocycles. The van der Waals surface area contributed by atoms with Crippen LogP contribution in [0.15, 0.2) is 12.7 Å². The van der Waals surface area contributed by atoms with Crippen LogP contribution >= 0.6 is 8.25 Å². The highest BCUT2D eigenvalue weighted by atomic mass is 31.1. The topological polar surface area (TPSA) is 47.6 Å². The van der Waals surface area contributed by atoms with Gasteiger partial charge in [-0.2, -0.15) is 0 Å². The van der Waals surface area contributed by atoms with E-state index in [-0.39, 0.29) is 0 Å². The van der Waals surface area contributed by atoms with Crippen LogP contribution in [0.2, 0.25) is 0 Å². The van der Waals surface area contributed by atoms with Crippen molar-refractivity contribution in [1.29, 1.82) is 0 Å². The van der Waals surface area contributed by atoms with Gasteiger partial charge in [-0.25, -0.2) is 0 Å². The minimum atomic E-state index is -2.12. The summed E-state index contributed by atoms with van der Waals surface area (Å²) >= 11 is 0. The third-order valence-electron chi connectivity index (χ3n) is 0.835. The Morgan fingerprint density at radius 2 is 2.44 bits per heavy atom. The van der Waals surface area contributed by atoms with Crippen molar-refractivity contribution in [3.63, 3.8) is 0 Å². The Labute approximate surface area is 53.8 Å². The Bertz CT molecular complexity index is 130. The zero-order valence-corrected chi connectivity index (χ0v) is 5.79. The average Bonchev–Trinajstić information content (AvgIpc) is 1.78. The van der Waals surface area contributed by atoms with Crippen LogP contribution in [0, 0.1) is 0 Å². The second-order valence-corrected chi connectivity index (χ2v) is 2.49. The van der Waals surface area contributed by atoms with Crippen LogP contribution in [-0.2, 0) is 13.6 Å². The van der Waals surface area contributed by atoms with Crippen molar-refractivity contribution < 1.29 is 13.6 Å². The first kappa shape index (κ1) is 6.96. The van der Waals surface area contributed by atoms with Crippen molar-refractivity contribution in [3.8, 4) is 0 Å². The molecule has 0 aromatic carbocycles. The molecule has 1 heterocycles. The fraction of sp³-hybridized carbons (Fsp3) is 0.500. The summed E-state index contributed by atoms with van der Waals surface area (Å²) in [5.41, 5.74) is 0. The van der Waals surface area contributed by atoms with Crippen LogP contribution in [-0.4, -0.2) is 13.0 Å². The van der Waals surface area contributed by atoms with Gasteiger partial charge in [-0.3, -0.25) is 18.9 Å². The highest BCUT2D eigenvalue weighted by Crippen LogP contribution is 2.37. The van der Waals surface area contributed by atoms with Crippen LogP contribution in [0.3, 0.4) is 0 Å². The SMILES string of the molecule is C=CCNC1O[PH](=O)O1. The third-order valence-corrected chi connectivity index (χ3v) is 1.65. The van der Waals surface area contributed by atoms with E-state index in [9.17, 15) is 4.57 Å². The smallest absolute Gasteiger partial charge is 0.265 e. The number of rotatable bonds is 3. The highest BCUT2D eigenvalue weighted by Gasteiger charge is 2.24. The summed E-state index contributed by atoms with van der Waals surface area (Å²) in [6.45, 7) is 4.06. The van der Waals surface area contributed by atoms with E-state index in [0.29, 0.717) is 6.54 Å². The Balaban J connectivity index is 2.03. The first-order chi connectivity index (χ1) is 4.33. The molecule has 4 nitrogen and oxygen atoms in total. The fourth-order valence-electron chi connectivity index (χ4n) is 0.447. The predicted octanol–water partition coefficient (Wildman–Crippen LogP) is 0.482. The first-order valence-corrected chi connectivity index (χ1v) is 3.77. The van der Waals surface area contributed by atoms with Gasteiger partial charge in [0.2, 0.25) is 6.41 Å². The molecular weight excluding hydrogens is 141 g/mol. The molecule has 52 valence electrons. The molecule has 0 aromatic heterocycles. The summed E-state index contributed by atoms with van der Waals surface area (Å²) in [7, 11) is -2.12. The average molecular weight is 149 g/mol. The molecule has 5 heteroatoms. The van der Waals surface area contributed by atoms with Crippen LogP contribution in [0.25, 0.3) is 0 Å². The van der Waals surface area contributed by atoms with Gasteiger partial charge in [-0.05, 0) is 0 Å². The molecule has 0 unspecified atom stereocenters. The zero-order chi connectivity index (χ0) is 6.69. The minimum Gasteiger partial charge on any atom is -0.265 e. The van der Waals surface area contributed by atoms with E-state index in [2.05, 4.69) is 20.9 Å². The highest BCUT2D eigenvalue weighted by molar-refractivity contribution is 7.34. The predicted molar refractivity (Wildman–Crippen MR) is 33.2 cm³/mol. The zero-order valence-electron chi connectivity index (χ0n) is 4.79. The van der Waals surface area contributed by atoms with E-state index in [4.69, 9.17) is 0 Å². The summed E-state index contributed by atoms with van der Waals surface area (Å²) in [4.78, 5) is 0. The molecule has 9 heavy (non-hydrogen) atoms. The van der Waals surface area contributed by atoms with E-state index >= 15 is 0 Å². The lowest BCUT2D eigenvalue weighted by Crippen LogP contribution is -2.36. The number of nitrogens with one attached hydrogen (secondary N) is 1. The minimum absolute atomic E-state index is 0.477. The molecule has 1 fully saturated rings. The van der Waals surface area contributed by atoms with Crippen LogP contribution in [0.1, 0.15) is 0 Å². The molecule has 0 aromatic rings. The van der Waals surface area contributed by atoms with Gasteiger partial charge in [-0.1, -0.05) is 6.08 Å². The van der Waals surface area contributed by atoms with Crippen LogP contribution < -0.4 is 5.32 Å². The molecule has 0 atom stereocenters. The molecule has 0 amide bonds. The summed E-state index contributed by atoms with van der Waals surface area (Å²) in [5.74, 6) is 0. The van der Waals surface area contributed by atoms with Crippen molar-refractivity contribution in [1.82, 2.24) is 5.32 Å². The van der Waals surface area contributed by atoms with Gasteiger partial charge in [-0.15, -0.1) is 6.58 Å². The Morgan fingerprint density at radius 3 is 2.89 bits per heavy atom. The van der Waals surface area contributed by atoms with Gasteiger partial charge in [0.05, 0.1) is 0 Å². The van der Waals surface area contributed by atoms with Gasteiger partial charge in [0.1, 0.15) is 0 Å². The van der Waals surface area contributed by atoms with E-state index in [1.54, 1.807) is 6.08 Å². The molecular formula is C4H8NO3P. The quantitative estimate of drug-likeness (QED) is 0.468. The molecule has 0 saturated carbocycles. The Hall–Kier alpha value is -0.150. The molecule has 0 bridgehead atoms. The van der Waals surface area contributed by atoms with Gasteiger partial charge >= 0.3 is 8.25 Å². The van der Waals surface area contributed by atoms with Crippen molar-refractivity contribution in [2.24, 2.45) is 0 Å². The normalized spacial score (nSPS) is 33.3. The van der Waals surface area contributed by atoms with Crippen molar-refractivity contribution >= 4 is 8.25 Å². The van der Waals surface area contributed by atoms with Gasteiger partial charge in [0.15, 0.2) is 0 Å². The van der Waals surface area contributed by atoms with Gasteiger partial charge in [0.25, 0.3) is 0 Å². The molecule has 1 rings (SSSR count). The van der Waals surface area contributed by atoms with E-state index in [0.717, 1.165) is 0 Å². The molecule has 0 radical (unpaired) electrons. The Kier molecular flexibility index (Phi) is 2.42. The largest absolute Gasteiger partial charge is 0.325 e. The van der Waals surface area contributed by atoms with Crippen molar-refractivity contribution in [2.45, 2.75) is 6.41 Å². The second-order valence-electron chi connectivity index (χ2n) is 1.51. The van der Waals surface area contributed by atoms with Crippen LogP contribution in [0.5, 0.6) is 0 Å². The molecule has 1 aliphatic rings. The van der Waals surface area contributed by atoms with Crippen molar-refractivity contribution in [3.05, 3.63) is 12.7 Å². The molecule has 0 aliphatic carbocycles. The molecule has 1 N–H and O–H groups in total. The summed E-state index contributed by atoms with van der Waals surface area (Å²) in [5, 5.41) is 2.76. The lowest BCUT2D eigenvalue weighted by Gasteiger charge is -2.25. The lowest BCUT2D eigenvalue weighted by molar-refractivity contribution is -0.0972. The van der Waals surface area contributed by atoms with E-state index < -0.39 is 14.7 Å². The first-order valence-electron chi connectivity index (χ1n) is 2.54. The summed E-state index contributed by atoms with van der Waals surface area (Å²) in [6, 6.07) is 0. The van der Waals surface area contributed by atoms with Gasteiger partial charge < -0.3 is 0 Å². The number of hydrogen-bond donors (Lipinski definition) is 1. The second kappa shape index (κ2) is 3.13. The van der Waals surface area contributed by atoms with E-state index in [1.807, 2.05) is 0 Å². The summed E-state index contributed by atoms with van der Waals surface area (Å²) in [6.07, 6.45) is 1.19. The van der Waals surface area contributed by atoms with E-state index in [1.165, 1.54) is 0 Å². The maximum absolute atomic E-state index is 10.1. The summed E-state index contributed by atoms with van der Waals surface area (Å²) < 4.78 is 19.4. The Morgan fingerprint density at radius 1 is 1.78 bits per heavy atom. The van der Waals surface area contributed by atoms with Crippen molar-refractivity contribution in [2.75, 3.05) is 6.54 Å². The lowest BCUT2D eigenvalue weighted by atomic mass is 10.6. The maximum Gasteiger partial charge on any atom is 0.325 e. The fourth-order valence-corrected chi connectivity index (χ4v) is 0.980. The molecule has 1 aliphatic heterocycles. The third kappa shape index (κ3) is 1.91. The monoisotopic (exact) mass is 149 g/mol. The van der Waals surface area contributed by atoms with Gasteiger partial charge in [0, 0.05) is 6.54 Å². The van der Waals surface area contributed by atoms with Crippen LogP contribution in [0.4, 0.5) is 0 Å². The molecule has 0 spiro atoms. The number of hydrogen-bond acceptors (Lipinski definition) is 4. The standard InChI is InChI=1S/C4H8NO3P/c1-2-3-5-4-7-9(6)8-4/h2,4-5,9H,1,3H2.